The number of benzene rings is 2. The van der Waals surface area contributed by atoms with Gasteiger partial charge in [0.15, 0.2) is 0 Å². The number of likely N-dealkylation sites (tertiary alicyclic amines) is 1. The number of nitrogens with zero attached hydrogens (tertiary/aromatic N) is 1. The highest BCUT2D eigenvalue weighted by atomic mass is 16.3. The van der Waals surface area contributed by atoms with Gasteiger partial charge in [0.2, 0.25) is 0 Å². The molecule has 2 heteroatoms. The van der Waals surface area contributed by atoms with Crippen LogP contribution in [0.4, 0.5) is 0 Å². The molecule has 1 saturated heterocycles. The molecule has 1 aliphatic rings. The van der Waals surface area contributed by atoms with Crippen molar-refractivity contribution in [2.45, 2.75) is 51.5 Å². The second kappa shape index (κ2) is 8.75. The lowest BCUT2D eigenvalue weighted by Crippen LogP contribution is -2.44. The lowest BCUT2D eigenvalue weighted by atomic mass is 9.72. The highest BCUT2D eigenvalue weighted by molar-refractivity contribution is 5.56. The van der Waals surface area contributed by atoms with Crippen molar-refractivity contribution in [1.29, 1.82) is 0 Å². The van der Waals surface area contributed by atoms with E-state index in [1.54, 1.807) is 5.56 Å². The first-order valence-electron chi connectivity index (χ1n) is 10.3. The minimum atomic E-state index is 0.150. The molecule has 1 aliphatic heterocycles. The Kier molecular flexibility index (Phi) is 6.38. The molecule has 2 nitrogen and oxygen atoms in total. The van der Waals surface area contributed by atoms with Crippen LogP contribution in [0.3, 0.4) is 0 Å². The van der Waals surface area contributed by atoms with Gasteiger partial charge >= 0.3 is 0 Å². The van der Waals surface area contributed by atoms with Gasteiger partial charge in [-0.1, -0.05) is 56.0 Å². The van der Waals surface area contributed by atoms with E-state index in [2.05, 4.69) is 68.8 Å². The number of rotatable bonds is 6. The van der Waals surface area contributed by atoms with Crippen molar-refractivity contribution in [2.75, 3.05) is 13.6 Å². The average molecular weight is 364 g/mol. The zero-order chi connectivity index (χ0) is 19.4. The average Bonchev–Trinajstić information content (AvgIpc) is 2.69. The van der Waals surface area contributed by atoms with Gasteiger partial charge in [0.1, 0.15) is 5.76 Å². The second-order valence-electron chi connectivity index (χ2n) is 8.02. The van der Waals surface area contributed by atoms with E-state index in [-0.39, 0.29) is 5.76 Å². The number of hydrogen-bond acceptors (Lipinski definition) is 2. The Morgan fingerprint density at radius 3 is 2.70 bits per heavy atom. The Morgan fingerprint density at radius 2 is 1.96 bits per heavy atom. The van der Waals surface area contributed by atoms with E-state index in [9.17, 15) is 5.11 Å². The van der Waals surface area contributed by atoms with Crippen LogP contribution in [0.25, 0.3) is 5.76 Å². The maximum atomic E-state index is 9.69. The molecular formula is C25H33NO. The van der Waals surface area contributed by atoms with E-state index in [1.807, 2.05) is 12.1 Å². The van der Waals surface area contributed by atoms with Gasteiger partial charge in [-0.2, -0.15) is 0 Å². The van der Waals surface area contributed by atoms with Crippen molar-refractivity contribution in [3.05, 3.63) is 77.4 Å². The maximum Gasteiger partial charge on any atom is 0.115 e. The Bertz CT molecular complexity index is 781. The van der Waals surface area contributed by atoms with Crippen LogP contribution in [0.1, 0.15) is 54.9 Å². The molecule has 0 saturated carbocycles. The largest absolute Gasteiger partial charge is 0.508 e. The Hall–Kier alpha value is -2.06. The molecule has 0 radical (unpaired) electrons. The van der Waals surface area contributed by atoms with Gasteiger partial charge in [-0.05, 0) is 80.8 Å². The smallest absolute Gasteiger partial charge is 0.115 e. The first kappa shape index (κ1) is 19.7. The van der Waals surface area contributed by atoms with Crippen LogP contribution < -0.4 is 0 Å². The summed E-state index contributed by atoms with van der Waals surface area (Å²) in [6, 6.07) is 17.8. The molecule has 1 heterocycles. The van der Waals surface area contributed by atoms with Crippen molar-refractivity contribution in [3.63, 3.8) is 0 Å². The van der Waals surface area contributed by atoms with Gasteiger partial charge in [0, 0.05) is 11.6 Å². The predicted molar refractivity (Wildman–Crippen MR) is 115 cm³/mol. The van der Waals surface area contributed by atoms with Gasteiger partial charge in [0.25, 0.3) is 0 Å². The highest BCUT2D eigenvalue weighted by Gasteiger charge is 2.34. The molecule has 1 N–H and O–H groups in total. The molecule has 3 atom stereocenters. The SMILES string of the molecule is C=C(O)c1cccc(CCC2C(c3ccccc3CC)CCN(C)C2C)c1. The normalized spacial score (nSPS) is 23.3. The van der Waals surface area contributed by atoms with Crippen LogP contribution in [0.2, 0.25) is 0 Å². The topological polar surface area (TPSA) is 23.5 Å². The molecule has 0 bridgehead atoms. The summed E-state index contributed by atoms with van der Waals surface area (Å²) in [6.45, 7) is 9.47. The maximum absolute atomic E-state index is 9.69. The fourth-order valence-corrected chi connectivity index (χ4v) is 4.71. The van der Waals surface area contributed by atoms with E-state index in [4.69, 9.17) is 0 Å². The van der Waals surface area contributed by atoms with Gasteiger partial charge in [-0.3, -0.25) is 0 Å². The van der Waals surface area contributed by atoms with Gasteiger partial charge in [0.05, 0.1) is 0 Å². The molecule has 0 aliphatic carbocycles. The molecule has 0 aromatic heterocycles. The first-order valence-corrected chi connectivity index (χ1v) is 10.3. The Labute approximate surface area is 164 Å². The summed E-state index contributed by atoms with van der Waals surface area (Å²) < 4.78 is 0. The zero-order valence-corrected chi connectivity index (χ0v) is 17.0. The summed E-state index contributed by atoms with van der Waals surface area (Å²) in [5.41, 5.74) is 5.17. The molecule has 0 amide bonds. The lowest BCUT2D eigenvalue weighted by molar-refractivity contribution is 0.107. The second-order valence-corrected chi connectivity index (χ2v) is 8.02. The third-order valence-electron chi connectivity index (χ3n) is 6.49. The summed E-state index contributed by atoms with van der Waals surface area (Å²) in [7, 11) is 2.26. The van der Waals surface area contributed by atoms with Crippen LogP contribution in [-0.2, 0) is 12.8 Å². The van der Waals surface area contributed by atoms with E-state index >= 15 is 0 Å². The first-order chi connectivity index (χ1) is 13.0. The van der Waals surface area contributed by atoms with Crippen LogP contribution in [-0.4, -0.2) is 29.6 Å². The number of aliphatic hydroxyl groups excluding tert-OH is 1. The standard InChI is InChI=1S/C25H33NO/c1-5-21-10-6-7-12-24(21)25-15-16-26(4)18(2)23(25)14-13-20-9-8-11-22(17-20)19(3)27/h6-12,17-18,23,25,27H,3,5,13-16H2,1-2,4H3. The summed E-state index contributed by atoms with van der Waals surface area (Å²) in [4.78, 5) is 2.52. The van der Waals surface area contributed by atoms with Gasteiger partial charge in [-0.15, -0.1) is 0 Å². The molecule has 3 unspecified atom stereocenters. The number of piperidine rings is 1. The minimum Gasteiger partial charge on any atom is -0.508 e. The molecule has 144 valence electrons. The van der Waals surface area contributed by atoms with E-state index in [0.717, 1.165) is 24.8 Å². The molecule has 2 aromatic rings. The van der Waals surface area contributed by atoms with Gasteiger partial charge < -0.3 is 10.0 Å². The Balaban J connectivity index is 1.82. The molecule has 27 heavy (non-hydrogen) atoms. The van der Waals surface area contributed by atoms with E-state index in [0.29, 0.717) is 17.9 Å². The summed E-state index contributed by atoms with van der Waals surface area (Å²) in [5, 5.41) is 9.69. The third kappa shape index (κ3) is 4.44. The molecule has 3 rings (SSSR count). The summed E-state index contributed by atoms with van der Waals surface area (Å²) in [5.74, 6) is 1.41. The number of hydrogen-bond donors (Lipinski definition) is 1. The molecular weight excluding hydrogens is 330 g/mol. The monoisotopic (exact) mass is 363 g/mol. The minimum absolute atomic E-state index is 0.150. The lowest BCUT2D eigenvalue weighted by Gasteiger charge is -2.43. The Morgan fingerprint density at radius 1 is 1.19 bits per heavy atom. The molecule has 2 aromatic carbocycles. The van der Waals surface area contributed by atoms with Crippen molar-refractivity contribution in [1.82, 2.24) is 4.90 Å². The van der Waals surface area contributed by atoms with Crippen LogP contribution in [0.15, 0.2) is 55.1 Å². The molecule has 1 fully saturated rings. The summed E-state index contributed by atoms with van der Waals surface area (Å²) >= 11 is 0. The van der Waals surface area contributed by atoms with Crippen molar-refractivity contribution in [2.24, 2.45) is 5.92 Å². The van der Waals surface area contributed by atoms with E-state index in [1.165, 1.54) is 24.1 Å². The van der Waals surface area contributed by atoms with Crippen molar-refractivity contribution in [3.8, 4) is 0 Å². The zero-order valence-electron chi connectivity index (χ0n) is 17.0. The fourth-order valence-electron chi connectivity index (χ4n) is 4.71. The van der Waals surface area contributed by atoms with Crippen molar-refractivity contribution >= 4 is 5.76 Å². The van der Waals surface area contributed by atoms with Crippen molar-refractivity contribution < 1.29 is 5.11 Å². The fraction of sp³-hybridized carbons (Fsp3) is 0.440. The summed E-state index contributed by atoms with van der Waals surface area (Å²) in [6.07, 6.45) is 4.53. The number of aryl methyl sites for hydroxylation is 2. The van der Waals surface area contributed by atoms with Crippen LogP contribution >= 0.6 is 0 Å². The van der Waals surface area contributed by atoms with Crippen LogP contribution in [0, 0.1) is 5.92 Å². The predicted octanol–water partition coefficient (Wildman–Crippen LogP) is 5.83. The quantitative estimate of drug-likeness (QED) is 0.652. The van der Waals surface area contributed by atoms with E-state index < -0.39 is 0 Å². The third-order valence-corrected chi connectivity index (χ3v) is 6.49. The van der Waals surface area contributed by atoms with Crippen LogP contribution in [0.5, 0.6) is 0 Å². The molecule has 0 spiro atoms. The highest BCUT2D eigenvalue weighted by Crippen LogP contribution is 2.40. The number of aliphatic hydroxyl groups is 1. The van der Waals surface area contributed by atoms with Gasteiger partial charge in [-0.25, -0.2) is 0 Å².